The van der Waals surface area contributed by atoms with Crippen LogP contribution < -0.4 is 10.6 Å². The third-order valence-corrected chi connectivity index (χ3v) is 3.82. The van der Waals surface area contributed by atoms with E-state index in [-0.39, 0.29) is 12.1 Å². The van der Waals surface area contributed by atoms with E-state index in [0.29, 0.717) is 13.0 Å². The molecule has 6 heteroatoms. The molecule has 0 radical (unpaired) electrons. The van der Waals surface area contributed by atoms with E-state index in [2.05, 4.69) is 15.7 Å². The van der Waals surface area contributed by atoms with Crippen LogP contribution in [0.15, 0.2) is 42.7 Å². The maximum absolute atomic E-state index is 11.9. The molecule has 3 N–H and O–H groups in total. The highest BCUT2D eigenvalue weighted by atomic mass is 16.3. The smallest absolute Gasteiger partial charge is 0.314 e. The van der Waals surface area contributed by atoms with Crippen molar-refractivity contribution in [3.05, 3.63) is 53.9 Å². The third kappa shape index (κ3) is 6.04. The molecule has 2 rings (SSSR count). The lowest BCUT2D eigenvalue weighted by Gasteiger charge is -2.18. The third-order valence-electron chi connectivity index (χ3n) is 3.82. The molecule has 130 valence electrons. The Bertz CT molecular complexity index is 627. The molecule has 0 saturated heterocycles. The van der Waals surface area contributed by atoms with E-state index in [1.54, 1.807) is 4.68 Å². The fourth-order valence-electron chi connectivity index (χ4n) is 2.58. The molecule has 0 fully saturated rings. The average molecular weight is 330 g/mol. The predicted molar refractivity (Wildman–Crippen MR) is 93.5 cm³/mol. The van der Waals surface area contributed by atoms with Gasteiger partial charge in [-0.25, -0.2) is 4.79 Å². The van der Waals surface area contributed by atoms with E-state index in [4.69, 9.17) is 0 Å². The number of nitrogens with one attached hydrogen (secondary N) is 2. The van der Waals surface area contributed by atoms with Gasteiger partial charge in [-0.3, -0.25) is 4.68 Å². The number of amides is 2. The molecule has 0 aliphatic carbocycles. The summed E-state index contributed by atoms with van der Waals surface area (Å²) in [5.74, 6) is 0. The molecule has 2 atom stereocenters. The first-order chi connectivity index (χ1) is 11.5. The first kappa shape index (κ1) is 18.0. The summed E-state index contributed by atoms with van der Waals surface area (Å²) in [6, 6.07) is 9.16. The number of aromatic nitrogens is 2. The number of aliphatic hydroxyl groups excluding tert-OH is 1. The van der Waals surface area contributed by atoms with E-state index in [1.807, 2.05) is 56.7 Å². The highest BCUT2D eigenvalue weighted by molar-refractivity contribution is 5.74. The van der Waals surface area contributed by atoms with Crippen molar-refractivity contribution >= 4 is 6.03 Å². The van der Waals surface area contributed by atoms with Crippen LogP contribution in [-0.4, -0.2) is 33.5 Å². The topological polar surface area (TPSA) is 79.2 Å². The Morgan fingerprint density at radius 2 is 2.08 bits per heavy atom. The van der Waals surface area contributed by atoms with Crippen molar-refractivity contribution in [2.24, 2.45) is 7.05 Å². The minimum Gasteiger partial charge on any atom is -0.388 e. The summed E-state index contributed by atoms with van der Waals surface area (Å²) in [6.45, 7) is 2.50. The Balaban J connectivity index is 1.62. The number of carbonyl (C=O) groups is 1. The van der Waals surface area contributed by atoms with Crippen LogP contribution in [0.25, 0.3) is 0 Å². The van der Waals surface area contributed by atoms with E-state index in [0.717, 1.165) is 18.4 Å². The average Bonchev–Trinajstić information content (AvgIpc) is 2.97. The summed E-state index contributed by atoms with van der Waals surface area (Å²) in [7, 11) is 1.89. The maximum atomic E-state index is 11.9. The van der Waals surface area contributed by atoms with Gasteiger partial charge >= 0.3 is 6.03 Å². The van der Waals surface area contributed by atoms with E-state index >= 15 is 0 Å². The van der Waals surface area contributed by atoms with Crippen molar-refractivity contribution in [2.75, 3.05) is 6.54 Å². The lowest BCUT2D eigenvalue weighted by Crippen LogP contribution is -2.41. The van der Waals surface area contributed by atoms with Gasteiger partial charge in [0.15, 0.2) is 0 Å². The van der Waals surface area contributed by atoms with Crippen molar-refractivity contribution in [1.29, 1.82) is 0 Å². The van der Waals surface area contributed by atoms with Crippen LogP contribution in [0.3, 0.4) is 0 Å². The SMILES string of the molecule is CC(CC(O)c1ccccc1)NC(=O)NCCCc1cnn(C)c1. The molecule has 24 heavy (non-hydrogen) atoms. The number of rotatable bonds is 8. The lowest BCUT2D eigenvalue weighted by atomic mass is 10.0. The largest absolute Gasteiger partial charge is 0.388 e. The monoisotopic (exact) mass is 330 g/mol. The quantitative estimate of drug-likeness (QED) is 0.649. The Morgan fingerprint density at radius 1 is 1.33 bits per heavy atom. The van der Waals surface area contributed by atoms with Gasteiger partial charge in [0.05, 0.1) is 12.3 Å². The number of nitrogens with zero attached hydrogens (tertiary/aromatic N) is 2. The Kier molecular flexibility index (Phi) is 6.81. The molecule has 2 aromatic rings. The van der Waals surface area contributed by atoms with Crippen molar-refractivity contribution in [1.82, 2.24) is 20.4 Å². The molecular weight excluding hydrogens is 304 g/mol. The molecule has 6 nitrogen and oxygen atoms in total. The van der Waals surface area contributed by atoms with Gasteiger partial charge in [0.25, 0.3) is 0 Å². The van der Waals surface area contributed by atoms with E-state index in [9.17, 15) is 9.90 Å². The molecule has 0 aliphatic rings. The number of carbonyl (C=O) groups excluding carboxylic acids is 1. The van der Waals surface area contributed by atoms with Crippen LogP contribution in [0.4, 0.5) is 4.79 Å². The van der Waals surface area contributed by atoms with Gasteiger partial charge in [0, 0.05) is 25.8 Å². The molecule has 2 unspecified atom stereocenters. The van der Waals surface area contributed by atoms with Gasteiger partial charge in [0.2, 0.25) is 0 Å². The Labute approximate surface area is 142 Å². The normalized spacial score (nSPS) is 13.3. The number of aliphatic hydroxyl groups is 1. The summed E-state index contributed by atoms with van der Waals surface area (Å²) >= 11 is 0. The second kappa shape index (κ2) is 9.08. The first-order valence-corrected chi connectivity index (χ1v) is 8.29. The predicted octanol–water partition coefficient (Wildman–Crippen LogP) is 2.16. The molecule has 1 aromatic heterocycles. The molecule has 0 bridgehead atoms. The van der Waals surface area contributed by atoms with Gasteiger partial charge < -0.3 is 15.7 Å². The van der Waals surface area contributed by atoms with Gasteiger partial charge in [-0.15, -0.1) is 0 Å². The standard InChI is InChI=1S/C18H26N4O2/c1-14(11-17(23)16-8-4-3-5-9-16)21-18(24)19-10-6-7-15-12-20-22(2)13-15/h3-5,8-9,12-14,17,23H,6-7,10-11H2,1-2H3,(H2,19,21,24). The minimum absolute atomic E-state index is 0.112. The summed E-state index contributed by atoms with van der Waals surface area (Å²) in [4.78, 5) is 11.9. The second-order valence-corrected chi connectivity index (χ2v) is 6.09. The van der Waals surface area contributed by atoms with Crippen molar-refractivity contribution in [3.8, 4) is 0 Å². The Morgan fingerprint density at radius 3 is 2.75 bits per heavy atom. The highest BCUT2D eigenvalue weighted by Gasteiger charge is 2.13. The van der Waals surface area contributed by atoms with Gasteiger partial charge in [-0.05, 0) is 37.3 Å². The molecule has 1 heterocycles. The fraction of sp³-hybridized carbons (Fsp3) is 0.444. The van der Waals surface area contributed by atoms with Crippen LogP contribution in [0, 0.1) is 0 Å². The molecule has 2 amide bonds. The van der Waals surface area contributed by atoms with Crippen LogP contribution in [0.1, 0.15) is 37.0 Å². The van der Waals surface area contributed by atoms with Crippen LogP contribution in [0.2, 0.25) is 0 Å². The number of urea groups is 1. The zero-order chi connectivity index (χ0) is 17.4. The van der Waals surface area contributed by atoms with Gasteiger partial charge in [-0.2, -0.15) is 5.10 Å². The fourth-order valence-corrected chi connectivity index (χ4v) is 2.58. The van der Waals surface area contributed by atoms with Gasteiger partial charge in [0.1, 0.15) is 0 Å². The van der Waals surface area contributed by atoms with Crippen molar-refractivity contribution < 1.29 is 9.90 Å². The zero-order valence-electron chi connectivity index (χ0n) is 14.3. The van der Waals surface area contributed by atoms with E-state index < -0.39 is 6.10 Å². The summed E-state index contributed by atoms with van der Waals surface area (Å²) in [5, 5.41) is 20.0. The number of hydrogen-bond donors (Lipinski definition) is 3. The second-order valence-electron chi connectivity index (χ2n) is 6.09. The lowest BCUT2D eigenvalue weighted by molar-refractivity contribution is 0.154. The first-order valence-electron chi connectivity index (χ1n) is 8.29. The molecule has 1 aromatic carbocycles. The number of aryl methyl sites for hydroxylation is 2. The zero-order valence-corrected chi connectivity index (χ0v) is 14.3. The van der Waals surface area contributed by atoms with Crippen LogP contribution in [-0.2, 0) is 13.5 Å². The molecular formula is C18H26N4O2. The molecule has 0 aliphatic heterocycles. The van der Waals surface area contributed by atoms with E-state index in [1.165, 1.54) is 5.56 Å². The van der Waals surface area contributed by atoms with Crippen molar-refractivity contribution in [2.45, 2.75) is 38.3 Å². The van der Waals surface area contributed by atoms with Crippen LogP contribution in [0.5, 0.6) is 0 Å². The van der Waals surface area contributed by atoms with Crippen LogP contribution >= 0.6 is 0 Å². The summed E-state index contributed by atoms with van der Waals surface area (Å²) in [5.41, 5.74) is 2.03. The minimum atomic E-state index is -0.577. The Hall–Kier alpha value is -2.34. The molecule has 0 spiro atoms. The molecule has 0 saturated carbocycles. The number of benzene rings is 1. The van der Waals surface area contributed by atoms with Gasteiger partial charge in [-0.1, -0.05) is 30.3 Å². The maximum Gasteiger partial charge on any atom is 0.314 e. The highest BCUT2D eigenvalue weighted by Crippen LogP contribution is 2.17. The summed E-state index contributed by atoms with van der Waals surface area (Å²) in [6.07, 6.45) is 5.47. The number of hydrogen-bond acceptors (Lipinski definition) is 3. The summed E-state index contributed by atoms with van der Waals surface area (Å²) < 4.78 is 1.77. The van der Waals surface area contributed by atoms with Crippen molar-refractivity contribution in [3.63, 3.8) is 0 Å².